The van der Waals surface area contributed by atoms with Crippen LogP contribution >= 0.6 is 31.9 Å². The van der Waals surface area contributed by atoms with Crippen molar-refractivity contribution in [3.05, 3.63) is 130 Å². The van der Waals surface area contributed by atoms with E-state index in [0.717, 1.165) is 26.1 Å². The molecular weight excluding hydrogens is 646 g/mol. The Bertz CT molecular complexity index is 1870. The summed E-state index contributed by atoms with van der Waals surface area (Å²) in [5.41, 5.74) is 6.68. The Balaban J connectivity index is 1.56. The summed E-state index contributed by atoms with van der Waals surface area (Å²) in [5.74, 6) is 0.982. The Morgan fingerprint density at radius 3 is 1.55 bits per heavy atom. The average Bonchev–Trinajstić information content (AvgIpc) is 3.17. The van der Waals surface area contributed by atoms with Gasteiger partial charge in [0.15, 0.2) is 0 Å². The SMILES string of the molecule is CC1(C)Oc2ccc(-c3c4ccccc4c(N(c4ccc(Br)cc4)c4ccc(Br)cc4)c4ccccc34)cc2C1(C)C. The Hall–Kier alpha value is -3.60. The van der Waals surface area contributed by atoms with E-state index < -0.39 is 0 Å². The molecule has 208 valence electrons. The summed E-state index contributed by atoms with van der Waals surface area (Å²) in [6.45, 7) is 8.95. The number of halogens is 2. The highest BCUT2D eigenvalue weighted by Gasteiger charge is 2.48. The van der Waals surface area contributed by atoms with Gasteiger partial charge in [0.2, 0.25) is 0 Å². The van der Waals surface area contributed by atoms with Gasteiger partial charge in [-0.05, 0) is 96.4 Å². The van der Waals surface area contributed by atoms with Gasteiger partial charge in [0, 0.05) is 42.1 Å². The zero-order valence-corrected chi connectivity index (χ0v) is 27.3. The smallest absolute Gasteiger partial charge is 0.124 e. The monoisotopic (exact) mass is 675 g/mol. The fourth-order valence-corrected chi connectivity index (χ4v) is 6.76. The number of rotatable bonds is 4. The maximum absolute atomic E-state index is 6.43. The first kappa shape index (κ1) is 27.2. The van der Waals surface area contributed by atoms with Crippen LogP contribution in [0.15, 0.2) is 124 Å². The molecule has 0 unspecified atom stereocenters. The maximum Gasteiger partial charge on any atom is 0.124 e. The molecule has 1 aliphatic heterocycles. The number of ether oxygens (including phenoxy) is 1. The second-order valence-corrected chi connectivity index (χ2v) is 13.9. The van der Waals surface area contributed by atoms with Crippen LogP contribution in [-0.4, -0.2) is 5.60 Å². The van der Waals surface area contributed by atoms with E-state index in [1.165, 1.54) is 43.9 Å². The lowest BCUT2D eigenvalue weighted by molar-refractivity contribution is 0.0712. The van der Waals surface area contributed by atoms with Gasteiger partial charge in [0.25, 0.3) is 0 Å². The molecule has 1 aliphatic rings. The highest BCUT2D eigenvalue weighted by molar-refractivity contribution is 9.10. The summed E-state index contributed by atoms with van der Waals surface area (Å²) < 4.78 is 8.54. The second-order valence-electron chi connectivity index (χ2n) is 12.1. The Morgan fingerprint density at radius 1 is 0.571 bits per heavy atom. The summed E-state index contributed by atoms with van der Waals surface area (Å²) in [6, 6.07) is 41.5. The molecule has 0 saturated heterocycles. The lowest BCUT2D eigenvalue weighted by atomic mass is 9.73. The van der Waals surface area contributed by atoms with Crippen molar-refractivity contribution in [2.45, 2.75) is 38.7 Å². The molecule has 42 heavy (non-hydrogen) atoms. The zero-order valence-electron chi connectivity index (χ0n) is 24.1. The van der Waals surface area contributed by atoms with Crippen molar-refractivity contribution in [1.82, 2.24) is 0 Å². The fourth-order valence-electron chi connectivity index (χ4n) is 6.23. The summed E-state index contributed by atoms with van der Waals surface area (Å²) in [7, 11) is 0. The van der Waals surface area contributed by atoms with Crippen LogP contribution in [0.4, 0.5) is 17.1 Å². The molecule has 0 aromatic heterocycles. The van der Waals surface area contributed by atoms with Gasteiger partial charge < -0.3 is 9.64 Å². The first-order valence-corrected chi connectivity index (χ1v) is 15.8. The van der Waals surface area contributed by atoms with Gasteiger partial charge in [-0.1, -0.05) is 100 Å². The van der Waals surface area contributed by atoms with E-state index in [1.807, 2.05) is 0 Å². The van der Waals surface area contributed by atoms with Gasteiger partial charge in [0.1, 0.15) is 11.4 Å². The quantitative estimate of drug-likeness (QED) is 0.172. The third-order valence-corrected chi connectivity index (χ3v) is 10.2. The predicted octanol–water partition coefficient (Wildman–Crippen LogP) is 12.1. The Labute approximate surface area is 264 Å². The number of hydrogen-bond donors (Lipinski definition) is 0. The van der Waals surface area contributed by atoms with Crippen molar-refractivity contribution in [3.63, 3.8) is 0 Å². The van der Waals surface area contributed by atoms with Crippen molar-refractivity contribution < 1.29 is 4.74 Å². The number of anilines is 3. The molecule has 0 N–H and O–H groups in total. The van der Waals surface area contributed by atoms with E-state index in [9.17, 15) is 0 Å². The van der Waals surface area contributed by atoms with Crippen LogP contribution in [0.2, 0.25) is 0 Å². The van der Waals surface area contributed by atoms with Crippen molar-refractivity contribution in [2.24, 2.45) is 0 Å². The Morgan fingerprint density at radius 2 is 1.05 bits per heavy atom. The molecule has 0 saturated carbocycles. The fraction of sp³-hybridized carbons (Fsp3) is 0.158. The van der Waals surface area contributed by atoms with Gasteiger partial charge in [-0.2, -0.15) is 0 Å². The molecule has 0 bridgehead atoms. The minimum absolute atomic E-state index is 0.121. The standard InChI is InChI=1S/C38H31Br2NO/c1-37(2)33-23-24(13-22-34(33)42-38(37,3)4)35-29-9-5-7-11-31(29)36(32-12-8-6-10-30(32)35)41(27-18-14-25(39)15-19-27)28-20-16-26(40)17-21-28/h5-23H,1-4H3. The van der Waals surface area contributed by atoms with Gasteiger partial charge >= 0.3 is 0 Å². The van der Waals surface area contributed by atoms with E-state index >= 15 is 0 Å². The van der Waals surface area contributed by atoms with Crippen molar-refractivity contribution in [1.29, 1.82) is 0 Å². The molecule has 0 aliphatic carbocycles. The zero-order chi connectivity index (χ0) is 29.2. The third-order valence-electron chi connectivity index (χ3n) is 9.11. The van der Waals surface area contributed by atoms with E-state index in [2.05, 4.69) is 180 Å². The first-order chi connectivity index (χ1) is 20.2. The molecule has 1 heterocycles. The van der Waals surface area contributed by atoms with Gasteiger partial charge in [-0.15, -0.1) is 0 Å². The molecule has 2 nitrogen and oxygen atoms in total. The molecule has 0 spiro atoms. The number of fused-ring (bicyclic) bond motifs is 3. The van der Waals surface area contributed by atoms with Gasteiger partial charge in [-0.25, -0.2) is 0 Å². The van der Waals surface area contributed by atoms with Crippen LogP contribution in [0.3, 0.4) is 0 Å². The molecule has 4 heteroatoms. The molecule has 6 aromatic carbocycles. The molecule has 6 aromatic rings. The minimum Gasteiger partial charge on any atom is -0.487 e. The first-order valence-electron chi connectivity index (χ1n) is 14.2. The second kappa shape index (κ2) is 10.00. The highest BCUT2D eigenvalue weighted by Crippen LogP contribution is 2.52. The lowest BCUT2D eigenvalue weighted by Crippen LogP contribution is -2.41. The molecule has 0 fully saturated rings. The van der Waals surface area contributed by atoms with Crippen LogP contribution in [0.5, 0.6) is 5.75 Å². The molecule has 0 radical (unpaired) electrons. The normalized spacial score (nSPS) is 15.0. The van der Waals surface area contributed by atoms with Crippen LogP contribution in [-0.2, 0) is 5.41 Å². The molecule has 0 atom stereocenters. The summed E-state index contributed by atoms with van der Waals surface area (Å²) in [4.78, 5) is 2.38. The van der Waals surface area contributed by atoms with Crippen molar-refractivity contribution in [2.75, 3.05) is 4.90 Å². The summed E-state index contributed by atoms with van der Waals surface area (Å²) in [5, 5.41) is 4.85. The van der Waals surface area contributed by atoms with Crippen molar-refractivity contribution in [3.8, 4) is 16.9 Å². The van der Waals surface area contributed by atoms with Crippen molar-refractivity contribution >= 4 is 70.5 Å². The number of nitrogens with zero attached hydrogens (tertiary/aromatic N) is 1. The van der Waals surface area contributed by atoms with E-state index in [-0.39, 0.29) is 11.0 Å². The van der Waals surface area contributed by atoms with Crippen LogP contribution < -0.4 is 9.64 Å². The van der Waals surface area contributed by atoms with E-state index in [0.29, 0.717) is 0 Å². The maximum atomic E-state index is 6.43. The average molecular weight is 677 g/mol. The molecule has 7 rings (SSSR count). The Kier molecular flexibility index (Phi) is 6.49. The summed E-state index contributed by atoms with van der Waals surface area (Å²) in [6.07, 6.45) is 0. The van der Waals surface area contributed by atoms with Crippen LogP contribution in [0.1, 0.15) is 33.3 Å². The molecule has 0 amide bonds. The van der Waals surface area contributed by atoms with Crippen LogP contribution in [0.25, 0.3) is 32.7 Å². The van der Waals surface area contributed by atoms with E-state index in [4.69, 9.17) is 4.74 Å². The predicted molar refractivity (Wildman–Crippen MR) is 185 cm³/mol. The lowest BCUT2D eigenvalue weighted by Gasteiger charge is -2.33. The number of hydrogen-bond acceptors (Lipinski definition) is 2. The van der Waals surface area contributed by atoms with E-state index in [1.54, 1.807) is 0 Å². The molecular formula is C38H31Br2NO. The van der Waals surface area contributed by atoms with Crippen LogP contribution in [0, 0.1) is 0 Å². The largest absolute Gasteiger partial charge is 0.487 e. The number of benzene rings is 6. The van der Waals surface area contributed by atoms with Gasteiger partial charge in [-0.3, -0.25) is 0 Å². The topological polar surface area (TPSA) is 12.5 Å². The van der Waals surface area contributed by atoms with Gasteiger partial charge in [0.05, 0.1) is 5.69 Å². The third kappa shape index (κ3) is 4.27. The highest BCUT2D eigenvalue weighted by atomic mass is 79.9. The summed E-state index contributed by atoms with van der Waals surface area (Å²) >= 11 is 7.27. The minimum atomic E-state index is -0.280.